The smallest absolute Gasteiger partial charge is 0.0946 e. The Hall–Kier alpha value is -0.410. The summed E-state index contributed by atoms with van der Waals surface area (Å²) in [5, 5.41) is 1.25. The number of aromatic nitrogens is 1. The lowest BCUT2D eigenvalue weighted by Crippen LogP contribution is -2.26. The molecule has 1 heterocycles. The van der Waals surface area contributed by atoms with Crippen molar-refractivity contribution in [2.75, 3.05) is 0 Å². The van der Waals surface area contributed by atoms with Gasteiger partial charge in [-0.25, -0.2) is 4.98 Å². The first-order valence-electron chi connectivity index (χ1n) is 7.13. The highest BCUT2D eigenvalue weighted by atomic mass is 32.1. The molecule has 102 valence electrons. The van der Waals surface area contributed by atoms with Gasteiger partial charge in [0.05, 0.1) is 10.7 Å². The second-order valence-electron chi connectivity index (χ2n) is 6.66. The molecule has 1 aliphatic carbocycles. The molecular weight excluding hydrogens is 240 g/mol. The average Bonchev–Trinajstić information content (AvgIpc) is 2.68. The molecule has 2 unspecified atom stereocenters. The molecule has 2 nitrogen and oxygen atoms in total. The molecule has 1 aliphatic rings. The van der Waals surface area contributed by atoms with Crippen molar-refractivity contribution in [3.63, 3.8) is 0 Å². The van der Waals surface area contributed by atoms with Crippen LogP contribution in [-0.2, 0) is 19.3 Å². The molecule has 2 rings (SSSR count). The topological polar surface area (TPSA) is 38.9 Å². The number of hydrogen-bond donors (Lipinski definition) is 1. The molecule has 2 atom stereocenters. The summed E-state index contributed by atoms with van der Waals surface area (Å²) in [6.45, 7) is 9.22. The highest BCUT2D eigenvalue weighted by Crippen LogP contribution is 2.39. The molecule has 0 radical (unpaired) electrons. The first kappa shape index (κ1) is 14.0. The Morgan fingerprint density at radius 1 is 1.44 bits per heavy atom. The number of thiazole rings is 1. The Kier molecular flexibility index (Phi) is 4.12. The fraction of sp³-hybridized carbons (Fsp3) is 0.800. The van der Waals surface area contributed by atoms with Gasteiger partial charge in [0.15, 0.2) is 0 Å². The van der Waals surface area contributed by atoms with Gasteiger partial charge in [-0.3, -0.25) is 0 Å². The van der Waals surface area contributed by atoms with E-state index >= 15 is 0 Å². The van der Waals surface area contributed by atoms with Crippen molar-refractivity contribution >= 4 is 11.3 Å². The van der Waals surface area contributed by atoms with Gasteiger partial charge in [0.1, 0.15) is 0 Å². The van der Waals surface area contributed by atoms with Crippen molar-refractivity contribution in [2.24, 2.45) is 17.1 Å². The van der Waals surface area contributed by atoms with E-state index in [9.17, 15) is 0 Å². The largest absolute Gasteiger partial charge is 0.327 e. The summed E-state index contributed by atoms with van der Waals surface area (Å²) in [6.07, 6.45) is 5.66. The lowest BCUT2D eigenvalue weighted by Gasteiger charge is -2.33. The van der Waals surface area contributed by atoms with E-state index in [1.54, 1.807) is 0 Å². The molecular formula is C15H26N2S. The summed E-state index contributed by atoms with van der Waals surface area (Å²) >= 11 is 1.91. The van der Waals surface area contributed by atoms with Crippen molar-refractivity contribution in [1.29, 1.82) is 0 Å². The molecule has 0 spiro atoms. The molecule has 0 saturated carbocycles. The summed E-state index contributed by atoms with van der Waals surface area (Å²) in [6, 6.07) is 0.274. The zero-order valence-corrected chi connectivity index (χ0v) is 12.9. The molecule has 2 N–H and O–H groups in total. The quantitative estimate of drug-likeness (QED) is 0.908. The average molecular weight is 266 g/mol. The zero-order chi connectivity index (χ0) is 13.3. The molecule has 0 saturated heterocycles. The van der Waals surface area contributed by atoms with Crippen LogP contribution in [0.15, 0.2) is 0 Å². The molecule has 0 bridgehead atoms. The van der Waals surface area contributed by atoms with Crippen molar-refractivity contribution in [3.05, 3.63) is 15.6 Å². The fourth-order valence-electron chi connectivity index (χ4n) is 2.62. The first-order chi connectivity index (χ1) is 8.40. The van der Waals surface area contributed by atoms with Gasteiger partial charge >= 0.3 is 0 Å². The third-order valence-electron chi connectivity index (χ3n) is 4.17. The molecule has 0 amide bonds. The summed E-state index contributed by atoms with van der Waals surface area (Å²) in [5.74, 6) is 0.804. The SMILES string of the molecule is CCC(N)Cc1nc2c(s1)CC(C(C)(C)C)CC2. The van der Waals surface area contributed by atoms with Crippen LogP contribution in [-0.4, -0.2) is 11.0 Å². The van der Waals surface area contributed by atoms with E-state index in [1.165, 1.54) is 28.4 Å². The van der Waals surface area contributed by atoms with Crippen LogP contribution >= 0.6 is 11.3 Å². The van der Waals surface area contributed by atoms with Crippen molar-refractivity contribution < 1.29 is 0 Å². The standard InChI is InChI=1S/C15H26N2S/c1-5-11(16)9-14-17-12-7-6-10(15(2,3)4)8-13(12)18-14/h10-11H,5-9,16H2,1-4H3. The number of fused-ring (bicyclic) bond motifs is 1. The van der Waals surface area contributed by atoms with Crippen LogP contribution < -0.4 is 5.73 Å². The van der Waals surface area contributed by atoms with Gasteiger partial charge in [-0.1, -0.05) is 27.7 Å². The van der Waals surface area contributed by atoms with Crippen LogP contribution in [0.1, 0.15) is 56.1 Å². The number of nitrogens with zero attached hydrogens (tertiary/aromatic N) is 1. The van der Waals surface area contributed by atoms with Crippen LogP contribution in [0.4, 0.5) is 0 Å². The lowest BCUT2D eigenvalue weighted by molar-refractivity contribution is 0.217. The van der Waals surface area contributed by atoms with Gasteiger partial charge in [-0.05, 0) is 37.0 Å². The van der Waals surface area contributed by atoms with Crippen molar-refractivity contribution in [2.45, 2.75) is 65.8 Å². The number of hydrogen-bond acceptors (Lipinski definition) is 3. The minimum Gasteiger partial charge on any atom is -0.327 e. The second-order valence-corrected chi connectivity index (χ2v) is 7.82. The van der Waals surface area contributed by atoms with Gasteiger partial charge in [0.2, 0.25) is 0 Å². The number of rotatable bonds is 3. The molecule has 0 aliphatic heterocycles. The Bertz CT molecular complexity index is 403. The fourth-order valence-corrected chi connectivity index (χ4v) is 3.91. The maximum absolute atomic E-state index is 6.03. The minimum absolute atomic E-state index is 0.274. The summed E-state index contributed by atoms with van der Waals surface area (Å²) in [5.41, 5.74) is 7.80. The lowest BCUT2D eigenvalue weighted by atomic mass is 9.73. The molecule has 0 fully saturated rings. The molecule has 1 aromatic rings. The molecule has 18 heavy (non-hydrogen) atoms. The van der Waals surface area contributed by atoms with E-state index in [4.69, 9.17) is 10.7 Å². The zero-order valence-electron chi connectivity index (χ0n) is 12.1. The van der Waals surface area contributed by atoms with Gasteiger partial charge in [0, 0.05) is 17.3 Å². The highest BCUT2D eigenvalue weighted by molar-refractivity contribution is 7.11. The van der Waals surface area contributed by atoms with Gasteiger partial charge in [-0.15, -0.1) is 11.3 Å². The van der Waals surface area contributed by atoms with E-state index in [2.05, 4.69) is 27.7 Å². The van der Waals surface area contributed by atoms with E-state index < -0.39 is 0 Å². The van der Waals surface area contributed by atoms with Gasteiger partial charge < -0.3 is 5.73 Å². The predicted octanol–water partition coefficient (Wildman–Crippen LogP) is 3.57. The van der Waals surface area contributed by atoms with Crippen LogP contribution in [0.5, 0.6) is 0 Å². The van der Waals surface area contributed by atoms with Crippen LogP contribution in [0.25, 0.3) is 0 Å². The van der Waals surface area contributed by atoms with Gasteiger partial charge in [0.25, 0.3) is 0 Å². The molecule has 3 heteroatoms. The van der Waals surface area contributed by atoms with Crippen molar-refractivity contribution in [3.8, 4) is 0 Å². The molecule has 0 aromatic carbocycles. The number of aryl methyl sites for hydroxylation is 1. The van der Waals surface area contributed by atoms with Crippen LogP contribution in [0, 0.1) is 11.3 Å². The Labute approximate surface area is 115 Å². The summed E-state index contributed by atoms with van der Waals surface area (Å²) in [7, 11) is 0. The molecule has 1 aromatic heterocycles. The van der Waals surface area contributed by atoms with E-state index in [0.29, 0.717) is 5.41 Å². The maximum atomic E-state index is 6.03. The maximum Gasteiger partial charge on any atom is 0.0946 e. The van der Waals surface area contributed by atoms with Gasteiger partial charge in [-0.2, -0.15) is 0 Å². The number of nitrogens with two attached hydrogens (primary N) is 1. The summed E-state index contributed by atoms with van der Waals surface area (Å²) < 4.78 is 0. The third kappa shape index (κ3) is 3.12. The summed E-state index contributed by atoms with van der Waals surface area (Å²) in [4.78, 5) is 6.32. The highest BCUT2D eigenvalue weighted by Gasteiger charge is 2.30. The third-order valence-corrected chi connectivity index (χ3v) is 5.31. The normalized spacial score (nSPS) is 21.7. The Morgan fingerprint density at radius 3 is 2.78 bits per heavy atom. The van der Waals surface area contributed by atoms with Crippen molar-refractivity contribution in [1.82, 2.24) is 4.98 Å². The first-order valence-corrected chi connectivity index (χ1v) is 7.94. The minimum atomic E-state index is 0.274. The van der Waals surface area contributed by atoms with Crippen LogP contribution in [0.3, 0.4) is 0 Å². The predicted molar refractivity (Wildman–Crippen MR) is 79.1 cm³/mol. The van der Waals surface area contributed by atoms with E-state index in [-0.39, 0.29) is 6.04 Å². The Balaban J connectivity index is 2.09. The monoisotopic (exact) mass is 266 g/mol. The Morgan fingerprint density at radius 2 is 2.17 bits per heavy atom. The van der Waals surface area contributed by atoms with Crippen LogP contribution in [0.2, 0.25) is 0 Å². The van der Waals surface area contributed by atoms with E-state index in [1.807, 2.05) is 11.3 Å². The van der Waals surface area contributed by atoms with E-state index in [0.717, 1.165) is 25.2 Å². The second kappa shape index (κ2) is 5.30.